The maximum atomic E-state index is 12.7. The monoisotopic (exact) mass is 265 g/mol. The molecule has 1 saturated carbocycles. The van der Waals surface area contributed by atoms with Crippen LogP contribution in [0.15, 0.2) is 54.6 Å². The van der Waals surface area contributed by atoms with Gasteiger partial charge in [-0.05, 0) is 30.7 Å². The van der Waals surface area contributed by atoms with Gasteiger partial charge in [-0.15, -0.1) is 0 Å². The number of carbonyl (C=O) groups excluding carboxylic acids is 1. The van der Waals surface area contributed by atoms with Crippen molar-refractivity contribution in [1.29, 1.82) is 0 Å². The van der Waals surface area contributed by atoms with Crippen molar-refractivity contribution in [3.63, 3.8) is 0 Å². The van der Waals surface area contributed by atoms with Crippen molar-refractivity contribution in [2.45, 2.75) is 31.2 Å². The van der Waals surface area contributed by atoms with Crippen molar-refractivity contribution in [2.75, 3.05) is 0 Å². The van der Waals surface area contributed by atoms with Crippen LogP contribution in [0.25, 0.3) is 0 Å². The zero-order chi connectivity index (χ0) is 13.9. The predicted molar refractivity (Wildman–Crippen MR) is 80.9 cm³/mol. The average molecular weight is 265 g/mol. The largest absolute Gasteiger partial charge is 0.328 e. The normalized spacial score (nSPS) is 21.9. The van der Waals surface area contributed by atoms with Crippen LogP contribution in [0.5, 0.6) is 0 Å². The Balaban J connectivity index is 1.96. The molecule has 1 aliphatic carbocycles. The van der Waals surface area contributed by atoms with E-state index in [9.17, 15) is 4.79 Å². The highest BCUT2D eigenvalue weighted by Crippen LogP contribution is 2.35. The molecule has 3 rings (SSSR count). The molecule has 2 atom stereocenters. The van der Waals surface area contributed by atoms with Crippen molar-refractivity contribution in [2.24, 2.45) is 5.73 Å². The summed E-state index contributed by atoms with van der Waals surface area (Å²) in [5, 5.41) is 0. The number of carbonyl (C=O) groups is 1. The third-order valence-electron chi connectivity index (χ3n) is 4.15. The zero-order valence-electron chi connectivity index (χ0n) is 11.5. The quantitative estimate of drug-likeness (QED) is 0.863. The highest BCUT2D eigenvalue weighted by molar-refractivity contribution is 6.10. The Hall–Kier alpha value is -1.93. The maximum Gasteiger partial charge on any atom is 0.193 e. The van der Waals surface area contributed by atoms with Crippen LogP contribution in [0, 0.1) is 0 Å². The van der Waals surface area contributed by atoms with Crippen LogP contribution in [-0.4, -0.2) is 11.8 Å². The number of ketones is 1. The molecular formula is C18H19NO. The lowest BCUT2D eigenvalue weighted by atomic mass is 9.89. The molecule has 2 N–H and O–H groups in total. The standard InChI is InChI=1S/C18H19NO/c19-15-11-10-14(12-15)16-8-4-5-9-17(16)18(20)13-6-2-1-3-7-13/h1-9,14-15H,10-12,19H2. The van der Waals surface area contributed by atoms with E-state index in [-0.39, 0.29) is 11.8 Å². The van der Waals surface area contributed by atoms with Crippen LogP contribution in [0.2, 0.25) is 0 Å². The van der Waals surface area contributed by atoms with Gasteiger partial charge in [0.15, 0.2) is 5.78 Å². The van der Waals surface area contributed by atoms with Gasteiger partial charge >= 0.3 is 0 Å². The summed E-state index contributed by atoms with van der Waals surface area (Å²) in [5.41, 5.74) is 8.76. The van der Waals surface area contributed by atoms with Crippen LogP contribution >= 0.6 is 0 Å². The fraction of sp³-hybridized carbons (Fsp3) is 0.278. The maximum absolute atomic E-state index is 12.7. The first kappa shape index (κ1) is 13.1. The summed E-state index contributed by atoms with van der Waals surface area (Å²) in [4.78, 5) is 12.7. The van der Waals surface area contributed by atoms with Crippen LogP contribution in [-0.2, 0) is 0 Å². The van der Waals surface area contributed by atoms with Gasteiger partial charge in [-0.2, -0.15) is 0 Å². The second-order valence-electron chi connectivity index (χ2n) is 5.55. The second-order valence-corrected chi connectivity index (χ2v) is 5.55. The molecule has 2 unspecified atom stereocenters. The lowest BCUT2D eigenvalue weighted by Gasteiger charge is -2.15. The third kappa shape index (κ3) is 2.52. The van der Waals surface area contributed by atoms with E-state index in [0.717, 1.165) is 36.0 Å². The van der Waals surface area contributed by atoms with Crippen molar-refractivity contribution < 1.29 is 4.79 Å². The van der Waals surface area contributed by atoms with Gasteiger partial charge in [0, 0.05) is 17.2 Å². The molecule has 0 aliphatic heterocycles. The van der Waals surface area contributed by atoms with E-state index >= 15 is 0 Å². The molecule has 2 aromatic carbocycles. The summed E-state index contributed by atoms with van der Waals surface area (Å²) >= 11 is 0. The number of nitrogens with two attached hydrogens (primary N) is 1. The van der Waals surface area contributed by atoms with Crippen LogP contribution in [0.1, 0.15) is 46.7 Å². The van der Waals surface area contributed by atoms with E-state index in [1.807, 2.05) is 48.5 Å². The molecule has 0 radical (unpaired) electrons. The molecule has 2 nitrogen and oxygen atoms in total. The molecule has 2 heteroatoms. The average Bonchev–Trinajstić information content (AvgIpc) is 2.94. The minimum absolute atomic E-state index is 0.113. The first-order chi connectivity index (χ1) is 9.75. The summed E-state index contributed by atoms with van der Waals surface area (Å²) in [6.07, 6.45) is 3.12. The van der Waals surface area contributed by atoms with Gasteiger partial charge in [0.1, 0.15) is 0 Å². The first-order valence-electron chi connectivity index (χ1n) is 7.20. The molecule has 0 saturated heterocycles. The van der Waals surface area contributed by atoms with E-state index in [0.29, 0.717) is 5.92 Å². The molecule has 0 bridgehead atoms. The molecule has 20 heavy (non-hydrogen) atoms. The van der Waals surface area contributed by atoms with Gasteiger partial charge in [-0.25, -0.2) is 0 Å². The molecule has 1 fully saturated rings. The van der Waals surface area contributed by atoms with Gasteiger partial charge in [0.05, 0.1) is 0 Å². The fourth-order valence-corrected chi connectivity index (χ4v) is 3.10. The summed E-state index contributed by atoms with van der Waals surface area (Å²) in [6.45, 7) is 0. The minimum Gasteiger partial charge on any atom is -0.328 e. The lowest BCUT2D eigenvalue weighted by molar-refractivity contribution is 0.103. The predicted octanol–water partition coefficient (Wildman–Crippen LogP) is 3.51. The Kier molecular flexibility index (Phi) is 3.66. The van der Waals surface area contributed by atoms with E-state index in [1.165, 1.54) is 0 Å². The van der Waals surface area contributed by atoms with Crippen molar-refractivity contribution in [3.05, 3.63) is 71.3 Å². The fourth-order valence-electron chi connectivity index (χ4n) is 3.10. The number of hydrogen-bond donors (Lipinski definition) is 1. The molecule has 2 aromatic rings. The minimum atomic E-state index is 0.113. The molecule has 0 amide bonds. The summed E-state index contributed by atoms with van der Waals surface area (Å²) in [5.74, 6) is 0.538. The van der Waals surface area contributed by atoms with Crippen LogP contribution in [0.3, 0.4) is 0 Å². The van der Waals surface area contributed by atoms with Gasteiger partial charge in [-0.1, -0.05) is 54.6 Å². The second kappa shape index (κ2) is 5.59. The van der Waals surface area contributed by atoms with Gasteiger partial charge in [0.2, 0.25) is 0 Å². The third-order valence-corrected chi connectivity index (χ3v) is 4.15. The van der Waals surface area contributed by atoms with Gasteiger partial charge in [-0.3, -0.25) is 4.79 Å². The molecule has 0 heterocycles. The summed E-state index contributed by atoms with van der Waals surface area (Å²) in [7, 11) is 0. The SMILES string of the molecule is NC1CCC(c2ccccc2C(=O)c2ccccc2)C1. The van der Waals surface area contributed by atoms with Crippen LogP contribution < -0.4 is 5.73 Å². The van der Waals surface area contributed by atoms with Gasteiger partial charge < -0.3 is 5.73 Å². The van der Waals surface area contributed by atoms with Crippen molar-refractivity contribution >= 4 is 5.78 Å². The number of benzene rings is 2. The Labute approximate surface area is 119 Å². The van der Waals surface area contributed by atoms with E-state index in [1.54, 1.807) is 0 Å². The highest BCUT2D eigenvalue weighted by atomic mass is 16.1. The zero-order valence-corrected chi connectivity index (χ0v) is 11.5. The summed E-state index contributed by atoms with van der Waals surface area (Å²) < 4.78 is 0. The Bertz CT molecular complexity index is 606. The van der Waals surface area contributed by atoms with E-state index in [2.05, 4.69) is 6.07 Å². The Morgan fingerprint density at radius 3 is 2.35 bits per heavy atom. The smallest absolute Gasteiger partial charge is 0.193 e. The topological polar surface area (TPSA) is 43.1 Å². The van der Waals surface area contributed by atoms with Gasteiger partial charge in [0.25, 0.3) is 0 Å². The lowest BCUT2D eigenvalue weighted by Crippen LogP contribution is -2.15. The molecule has 102 valence electrons. The molecule has 0 aromatic heterocycles. The van der Waals surface area contributed by atoms with E-state index in [4.69, 9.17) is 5.73 Å². The molecular weight excluding hydrogens is 246 g/mol. The van der Waals surface area contributed by atoms with Crippen molar-refractivity contribution in [3.8, 4) is 0 Å². The van der Waals surface area contributed by atoms with Crippen molar-refractivity contribution in [1.82, 2.24) is 0 Å². The number of rotatable bonds is 3. The molecule has 1 aliphatic rings. The van der Waals surface area contributed by atoms with Crippen LogP contribution in [0.4, 0.5) is 0 Å². The first-order valence-corrected chi connectivity index (χ1v) is 7.20. The highest BCUT2D eigenvalue weighted by Gasteiger charge is 2.26. The van der Waals surface area contributed by atoms with E-state index < -0.39 is 0 Å². The Morgan fingerprint density at radius 1 is 0.950 bits per heavy atom. The Morgan fingerprint density at radius 2 is 1.65 bits per heavy atom. The summed E-state index contributed by atoms with van der Waals surface area (Å²) in [6, 6.07) is 17.7. The number of hydrogen-bond acceptors (Lipinski definition) is 2. The molecule has 0 spiro atoms.